The Morgan fingerprint density at radius 1 is 1.35 bits per heavy atom. The Labute approximate surface area is 158 Å². The van der Waals surface area contributed by atoms with E-state index in [1.165, 1.54) is 0 Å². The minimum atomic E-state index is -0.397. The zero-order valence-electron chi connectivity index (χ0n) is 14.8. The first kappa shape index (κ1) is 17.6. The lowest BCUT2D eigenvalue weighted by Crippen LogP contribution is -2.62. The van der Waals surface area contributed by atoms with Crippen LogP contribution >= 0.6 is 11.8 Å². The molecule has 0 aromatic heterocycles. The number of benzene rings is 1. The van der Waals surface area contributed by atoms with Crippen LogP contribution < -0.4 is 5.32 Å². The van der Waals surface area contributed by atoms with Crippen LogP contribution in [0, 0.1) is 29.1 Å². The van der Waals surface area contributed by atoms with E-state index in [0.717, 1.165) is 17.5 Å². The lowest BCUT2D eigenvalue weighted by atomic mass is 9.60. The summed E-state index contributed by atoms with van der Waals surface area (Å²) in [5, 5.41) is 24.9. The van der Waals surface area contributed by atoms with Gasteiger partial charge in [-0.1, -0.05) is 37.3 Å². The van der Waals surface area contributed by atoms with Crippen molar-refractivity contribution in [2.24, 2.45) is 17.8 Å². The van der Waals surface area contributed by atoms with Gasteiger partial charge in [-0.2, -0.15) is 5.26 Å². The van der Waals surface area contributed by atoms with Gasteiger partial charge in [-0.25, -0.2) is 0 Å². The summed E-state index contributed by atoms with van der Waals surface area (Å²) in [6.45, 7) is 2.13. The maximum atomic E-state index is 12.5. The van der Waals surface area contributed by atoms with Gasteiger partial charge >= 0.3 is 0 Å². The number of hydrogen-bond donors (Lipinski definition) is 2. The van der Waals surface area contributed by atoms with Gasteiger partial charge < -0.3 is 10.4 Å². The fourth-order valence-corrected chi connectivity index (χ4v) is 6.11. The number of piperidine rings is 1. The van der Waals surface area contributed by atoms with Crippen molar-refractivity contribution in [1.29, 1.82) is 5.26 Å². The molecule has 2 fully saturated rings. The molecule has 1 aromatic rings. The molecule has 0 radical (unpaired) electrons. The molecule has 26 heavy (non-hydrogen) atoms. The summed E-state index contributed by atoms with van der Waals surface area (Å²) in [4.78, 5) is 12.5. The molecule has 7 atom stereocenters. The minimum Gasteiger partial charge on any atom is -0.392 e. The van der Waals surface area contributed by atoms with Crippen LogP contribution in [-0.4, -0.2) is 28.4 Å². The van der Waals surface area contributed by atoms with E-state index in [-0.39, 0.29) is 40.9 Å². The molecule has 2 heterocycles. The first-order valence-electron chi connectivity index (χ1n) is 9.36. The number of allylic oxidation sites excluding steroid dienone is 1. The number of nitrogens with one attached hydrogen (secondary N) is 1. The van der Waals surface area contributed by atoms with Gasteiger partial charge in [0.05, 0.1) is 17.4 Å². The summed E-state index contributed by atoms with van der Waals surface area (Å²) >= 11 is 1.60. The number of hydrogen-bond acceptors (Lipinski definition) is 4. The van der Waals surface area contributed by atoms with Gasteiger partial charge in [0.1, 0.15) is 0 Å². The number of amides is 1. The van der Waals surface area contributed by atoms with E-state index in [9.17, 15) is 9.90 Å². The summed E-state index contributed by atoms with van der Waals surface area (Å²) in [7, 11) is 0. The lowest BCUT2D eigenvalue weighted by molar-refractivity contribution is -0.128. The Morgan fingerprint density at radius 3 is 2.85 bits per heavy atom. The number of nitrogens with zero attached hydrogens (tertiary/aromatic N) is 1. The summed E-state index contributed by atoms with van der Waals surface area (Å²) < 4.78 is 0. The summed E-state index contributed by atoms with van der Waals surface area (Å²) in [5.74, 6) is 0.829. The highest BCUT2D eigenvalue weighted by molar-refractivity contribution is 8.03. The molecule has 2 N–H and O–H groups in total. The standard InChI is InChI=1S/C21H24N2O2S/c1-12-11-16(24)17(14-6-4-13(5-7-14)3-2-9-22)18-15-8-10-26-20(15)21(25)23-19(12)18/h4-8,10,12,15-20,24H,2-3,11H2,1H3,(H,23,25). The summed E-state index contributed by atoms with van der Waals surface area (Å²) in [6, 6.07) is 10.6. The van der Waals surface area contributed by atoms with E-state index < -0.39 is 6.10 Å². The second-order valence-corrected chi connectivity index (χ2v) is 8.83. The van der Waals surface area contributed by atoms with Gasteiger partial charge in [-0.05, 0) is 41.2 Å². The van der Waals surface area contributed by atoms with Crippen molar-refractivity contribution in [3.63, 3.8) is 0 Å². The van der Waals surface area contributed by atoms with Crippen LogP contribution in [0.5, 0.6) is 0 Å². The van der Waals surface area contributed by atoms with Crippen molar-refractivity contribution in [3.05, 3.63) is 46.9 Å². The average molecular weight is 369 g/mol. The van der Waals surface area contributed by atoms with Gasteiger partial charge in [-0.15, -0.1) is 11.8 Å². The zero-order chi connectivity index (χ0) is 18.3. The van der Waals surface area contributed by atoms with E-state index in [1.807, 2.05) is 5.41 Å². The van der Waals surface area contributed by atoms with Crippen LogP contribution in [0.4, 0.5) is 0 Å². The van der Waals surface area contributed by atoms with E-state index in [1.54, 1.807) is 11.8 Å². The molecule has 5 heteroatoms. The predicted molar refractivity (Wildman–Crippen MR) is 102 cm³/mol. The van der Waals surface area contributed by atoms with Crippen molar-refractivity contribution in [3.8, 4) is 6.07 Å². The maximum Gasteiger partial charge on any atom is 0.234 e. The first-order valence-corrected chi connectivity index (χ1v) is 10.3. The number of aliphatic hydroxyl groups excluding tert-OH is 1. The highest BCUT2D eigenvalue weighted by Gasteiger charge is 2.53. The topological polar surface area (TPSA) is 73.1 Å². The molecule has 3 aliphatic rings. The number of carbonyl (C=O) groups is 1. The molecule has 1 amide bonds. The lowest BCUT2D eigenvalue weighted by Gasteiger charge is -2.51. The monoisotopic (exact) mass is 368 g/mol. The Hall–Kier alpha value is -1.77. The van der Waals surface area contributed by atoms with Gasteiger partial charge in [-0.3, -0.25) is 4.79 Å². The van der Waals surface area contributed by atoms with Crippen LogP contribution in [0.2, 0.25) is 0 Å². The van der Waals surface area contributed by atoms with Crippen molar-refractivity contribution < 1.29 is 9.90 Å². The number of fused-ring (bicyclic) bond motifs is 3. The SMILES string of the molecule is CC1CC(O)C(c2ccc(CCC#N)cc2)C2C3C=CSC3C(=O)NC12. The maximum absolute atomic E-state index is 12.5. The Morgan fingerprint density at radius 2 is 2.12 bits per heavy atom. The molecule has 4 rings (SSSR count). The third kappa shape index (κ3) is 2.95. The van der Waals surface area contributed by atoms with E-state index >= 15 is 0 Å². The number of rotatable bonds is 3. The third-order valence-electron chi connectivity index (χ3n) is 6.25. The molecule has 4 nitrogen and oxygen atoms in total. The predicted octanol–water partition coefficient (Wildman–Crippen LogP) is 2.99. The molecule has 1 aliphatic carbocycles. The summed E-state index contributed by atoms with van der Waals surface area (Å²) in [6.07, 6.45) is 3.76. The highest BCUT2D eigenvalue weighted by Crippen LogP contribution is 2.51. The molecule has 1 saturated heterocycles. The molecular formula is C21H24N2O2S. The summed E-state index contributed by atoms with van der Waals surface area (Å²) in [5.41, 5.74) is 2.29. The Kier molecular flexibility index (Phi) is 4.81. The van der Waals surface area contributed by atoms with Gasteiger partial charge in [0.25, 0.3) is 0 Å². The highest BCUT2D eigenvalue weighted by atomic mass is 32.2. The molecular weight excluding hydrogens is 344 g/mol. The average Bonchev–Trinajstić information content (AvgIpc) is 3.12. The fraction of sp³-hybridized carbons (Fsp3) is 0.524. The second-order valence-electron chi connectivity index (χ2n) is 7.78. The van der Waals surface area contributed by atoms with E-state index in [2.05, 4.69) is 48.7 Å². The molecule has 1 saturated carbocycles. The third-order valence-corrected chi connectivity index (χ3v) is 7.38. The van der Waals surface area contributed by atoms with Crippen LogP contribution in [0.3, 0.4) is 0 Å². The van der Waals surface area contributed by atoms with E-state index in [0.29, 0.717) is 12.8 Å². The molecule has 1 aromatic carbocycles. The minimum absolute atomic E-state index is 0.0256. The number of aryl methyl sites for hydroxylation is 1. The van der Waals surface area contributed by atoms with Crippen LogP contribution in [0.1, 0.15) is 36.8 Å². The quantitative estimate of drug-likeness (QED) is 0.860. The number of aliphatic hydroxyl groups is 1. The zero-order valence-corrected chi connectivity index (χ0v) is 15.7. The number of carbonyl (C=O) groups excluding carboxylic acids is 1. The molecule has 0 bridgehead atoms. The molecule has 2 aliphatic heterocycles. The molecule has 0 spiro atoms. The first-order chi connectivity index (χ1) is 12.6. The number of nitriles is 1. The fourth-order valence-electron chi connectivity index (χ4n) is 5.03. The molecule has 7 unspecified atom stereocenters. The van der Waals surface area contributed by atoms with Crippen LogP contribution in [0.25, 0.3) is 0 Å². The van der Waals surface area contributed by atoms with Crippen molar-refractivity contribution >= 4 is 17.7 Å². The number of thioether (sulfide) groups is 1. The van der Waals surface area contributed by atoms with Crippen molar-refractivity contribution in [2.75, 3.05) is 0 Å². The van der Waals surface area contributed by atoms with Gasteiger partial charge in [0.2, 0.25) is 5.91 Å². The van der Waals surface area contributed by atoms with Crippen LogP contribution in [0.15, 0.2) is 35.7 Å². The Bertz CT molecular complexity index is 754. The smallest absolute Gasteiger partial charge is 0.234 e. The van der Waals surface area contributed by atoms with Crippen LogP contribution in [-0.2, 0) is 11.2 Å². The second kappa shape index (κ2) is 7.09. The van der Waals surface area contributed by atoms with E-state index in [4.69, 9.17) is 5.26 Å². The largest absolute Gasteiger partial charge is 0.392 e. The molecule has 136 valence electrons. The van der Waals surface area contributed by atoms with Crippen molar-refractivity contribution in [1.82, 2.24) is 5.32 Å². The van der Waals surface area contributed by atoms with Gasteiger partial charge in [0, 0.05) is 24.3 Å². The normalized spacial score (nSPS) is 38.2. The Balaban J connectivity index is 1.66. The van der Waals surface area contributed by atoms with Crippen molar-refractivity contribution in [2.45, 2.75) is 49.5 Å². The van der Waals surface area contributed by atoms with Gasteiger partial charge in [0.15, 0.2) is 0 Å².